The quantitative estimate of drug-likeness (QED) is 0.884. The molecule has 0 fully saturated rings. The molecule has 2 heterocycles. The van der Waals surface area contributed by atoms with Gasteiger partial charge in [0.25, 0.3) is 0 Å². The standard InChI is InChI=1S/C12H10BrN3O/c13-10-5-3-6-11(15-10)16-12(17)8-9-4-1-2-7-14-9/h1-7H,8H2,(H,15,16,17). The Balaban J connectivity index is 1.98. The Morgan fingerprint density at radius 3 is 2.82 bits per heavy atom. The average Bonchev–Trinajstić information content (AvgIpc) is 2.30. The number of hydrogen-bond acceptors (Lipinski definition) is 3. The highest BCUT2D eigenvalue weighted by Crippen LogP contribution is 2.10. The first kappa shape index (κ1) is 11.7. The summed E-state index contributed by atoms with van der Waals surface area (Å²) < 4.78 is 0.688. The van der Waals surface area contributed by atoms with E-state index in [0.29, 0.717) is 10.4 Å². The number of halogens is 1. The molecule has 2 aromatic rings. The lowest BCUT2D eigenvalue weighted by atomic mass is 10.2. The number of nitrogens with one attached hydrogen (secondary N) is 1. The minimum Gasteiger partial charge on any atom is -0.310 e. The van der Waals surface area contributed by atoms with Crippen molar-refractivity contribution in [2.45, 2.75) is 6.42 Å². The van der Waals surface area contributed by atoms with E-state index in [-0.39, 0.29) is 12.3 Å². The van der Waals surface area contributed by atoms with Crippen molar-refractivity contribution in [3.8, 4) is 0 Å². The maximum atomic E-state index is 11.7. The summed E-state index contributed by atoms with van der Waals surface area (Å²) in [4.78, 5) is 19.9. The third kappa shape index (κ3) is 3.64. The largest absolute Gasteiger partial charge is 0.310 e. The van der Waals surface area contributed by atoms with Crippen molar-refractivity contribution >= 4 is 27.7 Å². The van der Waals surface area contributed by atoms with Gasteiger partial charge in [-0.2, -0.15) is 0 Å². The van der Waals surface area contributed by atoms with Crippen molar-refractivity contribution in [1.29, 1.82) is 0 Å². The van der Waals surface area contributed by atoms with Gasteiger partial charge in [0.05, 0.1) is 6.42 Å². The van der Waals surface area contributed by atoms with Crippen molar-refractivity contribution in [3.05, 3.63) is 52.9 Å². The first-order valence-corrected chi connectivity index (χ1v) is 5.85. The maximum absolute atomic E-state index is 11.7. The number of pyridine rings is 2. The molecule has 17 heavy (non-hydrogen) atoms. The number of rotatable bonds is 3. The Bertz CT molecular complexity index is 516. The molecule has 1 amide bonds. The van der Waals surface area contributed by atoms with Crippen LogP contribution in [0.5, 0.6) is 0 Å². The zero-order valence-corrected chi connectivity index (χ0v) is 10.5. The fourth-order valence-corrected chi connectivity index (χ4v) is 1.68. The van der Waals surface area contributed by atoms with E-state index < -0.39 is 0 Å². The molecule has 0 saturated heterocycles. The summed E-state index contributed by atoms with van der Waals surface area (Å²) >= 11 is 3.24. The average molecular weight is 292 g/mol. The van der Waals surface area contributed by atoms with Gasteiger partial charge in [-0.1, -0.05) is 12.1 Å². The molecule has 0 spiro atoms. The molecule has 0 bridgehead atoms. The highest BCUT2D eigenvalue weighted by molar-refractivity contribution is 9.10. The third-order valence-corrected chi connectivity index (χ3v) is 2.49. The van der Waals surface area contributed by atoms with Crippen LogP contribution in [0.4, 0.5) is 5.82 Å². The van der Waals surface area contributed by atoms with Crippen LogP contribution >= 0.6 is 15.9 Å². The maximum Gasteiger partial charge on any atom is 0.231 e. The van der Waals surface area contributed by atoms with Gasteiger partial charge in [-0.3, -0.25) is 9.78 Å². The molecule has 0 aliphatic carbocycles. The molecule has 0 aliphatic heterocycles. The highest BCUT2D eigenvalue weighted by Gasteiger charge is 2.05. The van der Waals surface area contributed by atoms with Crippen molar-refractivity contribution in [2.75, 3.05) is 5.32 Å². The molecule has 4 nitrogen and oxygen atoms in total. The van der Waals surface area contributed by atoms with Gasteiger partial charge in [-0.05, 0) is 40.2 Å². The van der Waals surface area contributed by atoms with Crippen LogP contribution in [-0.2, 0) is 11.2 Å². The molecular formula is C12H10BrN3O. The van der Waals surface area contributed by atoms with E-state index in [1.807, 2.05) is 24.3 Å². The number of aromatic nitrogens is 2. The topological polar surface area (TPSA) is 54.9 Å². The van der Waals surface area contributed by atoms with Gasteiger partial charge < -0.3 is 5.32 Å². The molecule has 0 unspecified atom stereocenters. The van der Waals surface area contributed by atoms with Gasteiger partial charge in [0, 0.05) is 11.9 Å². The van der Waals surface area contributed by atoms with Crippen LogP contribution in [0.25, 0.3) is 0 Å². The van der Waals surface area contributed by atoms with Crippen molar-refractivity contribution in [3.63, 3.8) is 0 Å². The smallest absolute Gasteiger partial charge is 0.231 e. The summed E-state index contributed by atoms with van der Waals surface area (Å²) in [5, 5.41) is 2.71. The molecule has 0 aromatic carbocycles. The number of carbonyl (C=O) groups is 1. The van der Waals surface area contributed by atoms with E-state index in [1.54, 1.807) is 18.3 Å². The highest BCUT2D eigenvalue weighted by atomic mass is 79.9. The molecule has 2 rings (SSSR count). The minimum atomic E-state index is -0.130. The number of carbonyl (C=O) groups excluding carboxylic acids is 1. The summed E-state index contributed by atoms with van der Waals surface area (Å²) in [5.41, 5.74) is 0.736. The number of amides is 1. The number of nitrogens with zero attached hydrogens (tertiary/aromatic N) is 2. The fraction of sp³-hybridized carbons (Fsp3) is 0.0833. The Labute approximate surface area is 107 Å². The predicted octanol–water partition coefficient (Wildman–Crippen LogP) is 2.42. The van der Waals surface area contributed by atoms with Crippen LogP contribution in [-0.4, -0.2) is 15.9 Å². The van der Waals surface area contributed by atoms with E-state index in [4.69, 9.17) is 0 Å². The van der Waals surface area contributed by atoms with E-state index >= 15 is 0 Å². The van der Waals surface area contributed by atoms with Crippen LogP contribution in [0.3, 0.4) is 0 Å². The zero-order valence-electron chi connectivity index (χ0n) is 8.93. The number of anilines is 1. The molecule has 2 aromatic heterocycles. The Kier molecular flexibility index (Phi) is 3.82. The molecule has 1 N–H and O–H groups in total. The van der Waals surface area contributed by atoms with Gasteiger partial charge in [-0.25, -0.2) is 4.98 Å². The van der Waals surface area contributed by atoms with Crippen molar-refractivity contribution in [2.24, 2.45) is 0 Å². The van der Waals surface area contributed by atoms with Crippen LogP contribution in [0, 0.1) is 0 Å². The lowest BCUT2D eigenvalue weighted by Gasteiger charge is -2.04. The van der Waals surface area contributed by atoms with E-state index in [9.17, 15) is 4.79 Å². The first-order valence-electron chi connectivity index (χ1n) is 5.06. The summed E-state index contributed by atoms with van der Waals surface area (Å²) in [7, 11) is 0. The lowest BCUT2D eigenvalue weighted by molar-refractivity contribution is -0.115. The molecule has 0 radical (unpaired) electrons. The molecule has 86 valence electrons. The minimum absolute atomic E-state index is 0.130. The van der Waals surface area contributed by atoms with Crippen LogP contribution in [0.15, 0.2) is 47.2 Å². The van der Waals surface area contributed by atoms with Crippen LogP contribution < -0.4 is 5.32 Å². The monoisotopic (exact) mass is 291 g/mol. The summed E-state index contributed by atoms with van der Waals surface area (Å²) in [6.45, 7) is 0. The second-order valence-corrected chi connectivity index (χ2v) is 4.20. The van der Waals surface area contributed by atoms with Gasteiger partial charge in [0.15, 0.2) is 0 Å². The zero-order chi connectivity index (χ0) is 12.1. The lowest BCUT2D eigenvalue weighted by Crippen LogP contribution is -2.15. The SMILES string of the molecule is O=C(Cc1ccccn1)Nc1cccc(Br)n1. The summed E-state index contributed by atoms with van der Waals surface area (Å²) in [6.07, 6.45) is 1.91. The number of hydrogen-bond donors (Lipinski definition) is 1. The van der Waals surface area contributed by atoms with Crippen LogP contribution in [0.1, 0.15) is 5.69 Å². The Morgan fingerprint density at radius 1 is 1.24 bits per heavy atom. The first-order chi connectivity index (χ1) is 8.24. The molecule has 5 heteroatoms. The second kappa shape index (κ2) is 5.54. The predicted molar refractivity (Wildman–Crippen MR) is 68.5 cm³/mol. The Morgan fingerprint density at radius 2 is 2.12 bits per heavy atom. The summed E-state index contributed by atoms with van der Waals surface area (Å²) in [6, 6.07) is 10.8. The van der Waals surface area contributed by atoms with E-state index in [0.717, 1.165) is 5.69 Å². The fourth-order valence-electron chi connectivity index (χ4n) is 1.33. The van der Waals surface area contributed by atoms with E-state index in [2.05, 4.69) is 31.2 Å². The Hall–Kier alpha value is -1.75. The van der Waals surface area contributed by atoms with Gasteiger partial charge in [0.2, 0.25) is 5.91 Å². The normalized spacial score (nSPS) is 9.94. The van der Waals surface area contributed by atoms with Gasteiger partial charge in [-0.15, -0.1) is 0 Å². The molecular weight excluding hydrogens is 282 g/mol. The van der Waals surface area contributed by atoms with Crippen molar-refractivity contribution < 1.29 is 4.79 Å². The van der Waals surface area contributed by atoms with Crippen LogP contribution in [0.2, 0.25) is 0 Å². The van der Waals surface area contributed by atoms with E-state index in [1.165, 1.54) is 0 Å². The van der Waals surface area contributed by atoms with Gasteiger partial charge >= 0.3 is 0 Å². The molecule has 0 aliphatic rings. The molecule has 0 saturated carbocycles. The van der Waals surface area contributed by atoms with Gasteiger partial charge in [0.1, 0.15) is 10.4 Å². The molecule has 0 atom stereocenters. The summed E-state index contributed by atoms with van der Waals surface area (Å²) in [5.74, 6) is 0.398. The third-order valence-electron chi connectivity index (χ3n) is 2.05. The van der Waals surface area contributed by atoms with Crippen molar-refractivity contribution in [1.82, 2.24) is 9.97 Å². The second-order valence-electron chi connectivity index (χ2n) is 3.39.